The molecular weight excluding hydrogens is 286 g/mol. The highest BCUT2D eigenvalue weighted by molar-refractivity contribution is 5.92. The van der Waals surface area contributed by atoms with Gasteiger partial charge >= 0.3 is 0 Å². The van der Waals surface area contributed by atoms with Crippen LogP contribution in [0.2, 0.25) is 0 Å². The average molecular weight is 305 g/mol. The van der Waals surface area contributed by atoms with E-state index >= 15 is 0 Å². The van der Waals surface area contributed by atoms with Crippen molar-refractivity contribution in [3.05, 3.63) is 78.4 Å². The molecule has 3 N–H and O–H groups in total. The Morgan fingerprint density at radius 1 is 1.17 bits per heavy atom. The van der Waals surface area contributed by atoms with Crippen LogP contribution in [0.5, 0.6) is 0 Å². The van der Waals surface area contributed by atoms with Crippen LogP contribution in [0, 0.1) is 6.92 Å². The SMILES string of the molecule is Cc1ccc(NC(N)=NCc2ccccc2-n2ccnc2)cc1. The van der Waals surface area contributed by atoms with E-state index in [1.165, 1.54) is 5.56 Å². The van der Waals surface area contributed by atoms with Gasteiger partial charge in [-0.2, -0.15) is 0 Å². The van der Waals surface area contributed by atoms with Gasteiger partial charge in [0.2, 0.25) is 0 Å². The lowest BCUT2D eigenvalue weighted by Crippen LogP contribution is -2.22. The highest BCUT2D eigenvalue weighted by Crippen LogP contribution is 2.15. The van der Waals surface area contributed by atoms with Gasteiger partial charge in [0.05, 0.1) is 18.6 Å². The Balaban J connectivity index is 1.73. The fourth-order valence-electron chi connectivity index (χ4n) is 2.29. The Kier molecular flexibility index (Phi) is 4.38. The van der Waals surface area contributed by atoms with Crippen molar-refractivity contribution >= 4 is 11.6 Å². The third-order valence-electron chi connectivity index (χ3n) is 3.52. The number of nitrogens with two attached hydrogens (primary N) is 1. The molecule has 0 atom stereocenters. The third kappa shape index (κ3) is 3.77. The molecule has 0 radical (unpaired) electrons. The topological polar surface area (TPSA) is 68.2 Å². The Morgan fingerprint density at radius 3 is 2.70 bits per heavy atom. The molecule has 2 aromatic carbocycles. The number of guanidine groups is 1. The van der Waals surface area contributed by atoms with E-state index in [2.05, 4.69) is 15.3 Å². The van der Waals surface area contributed by atoms with Gasteiger partial charge in [0.15, 0.2) is 5.96 Å². The molecule has 5 heteroatoms. The van der Waals surface area contributed by atoms with Gasteiger partial charge in [0, 0.05) is 18.1 Å². The van der Waals surface area contributed by atoms with Gasteiger partial charge in [-0.05, 0) is 30.7 Å². The monoisotopic (exact) mass is 305 g/mol. The van der Waals surface area contributed by atoms with Crippen LogP contribution in [-0.4, -0.2) is 15.5 Å². The van der Waals surface area contributed by atoms with Crippen LogP contribution in [0.4, 0.5) is 5.69 Å². The normalized spacial score (nSPS) is 11.4. The number of anilines is 1. The van der Waals surface area contributed by atoms with Crippen LogP contribution in [0.3, 0.4) is 0 Å². The van der Waals surface area contributed by atoms with Crippen LogP contribution < -0.4 is 11.1 Å². The lowest BCUT2D eigenvalue weighted by Gasteiger charge is -2.09. The summed E-state index contributed by atoms with van der Waals surface area (Å²) in [5, 5.41) is 3.10. The summed E-state index contributed by atoms with van der Waals surface area (Å²) in [4.78, 5) is 8.52. The van der Waals surface area contributed by atoms with Crippen LogP contribution in [0.25, 0.3) is 5.69 Å². The molecule has 1 aromatic heterocycles. The zero-order valence-corrected chi connectivity index (χ0v) is 13.0. The van der Waals surface area contributed by atoms with Crippen molar-refractivity contribution < 1.29 is 0 Å². The molecule has 5 nitrogen and oxygen atoms in total. The maximum atomic E-state index is 5.98. The predicted octanol–water partition coefficient (Wildman–Crippen LogP) is 3.11. The number of nitrogens with zero attached hydrogens (tertiary/aromatic N) is 3. The molecule has 0 unspecified atom stereocenters. The standard InChI is InChI=1S/C18H19N5/c1-14-6-8-16(9-7-14)22-18(19)21-12-15-4-2-3-5-17(15)23-11-10-20-13-23/h2-11,13H,12H2,1H3,(H3,19,21,22). The lowest BCUT2D eigenvalue weighted by atomic mass is 10.2. The van der Waals surface area contributed by atoms with Crippen molar-refractivity contribution in [1.82, 2.24) is 9.55 Å². The van der Waals surface area contributed by atoms with Crippen molar-refractivity contribution in [3.63, 3.8) is 0 Å². The van der Waals surface area contributed by atoms with E-state index in [4.69, 9.17) is 5.73 Å². The van der Waals surface area contributed by atoms with Gasteiger partial charge in [-0.3, -0.25) is 0 Å². The first-order valence-electron chi connectivity index (χ1n) is 7.42. The minimum absolute atomic E-state index is 0.397. The van der Waals surface area contributed by atoms with E-state index in [-0.39, 0.29) is 0 Å². The Labute approximate surface area is 135 Å². The maximum absolute atomic E-state index is 5.98. The van der Waals surface area contributed by atoms with Crippen LogP contribution in [0.15, 0.2) is 72.2 Å². The molecule has 1 heterocycles. The first kappa shape index (κ1) is 14.8. The minimum Gasteiger partial charge on any atom is -0.370 e. The average Bonchev–Trinajstić information content (AvgIpc) is 3.10. The van der Waals surface area contributed by atoms with Crippen molar-refractivity contribution in [2.24, 2.45) is 10.7 Å². The number of aliphatic imine (C=N–C) groups is 1. The molecule has 0 saturated carbocycles. The molecular formula is C18H19N5. The van der Waals surface area contributed by atoms with Gasteiger partial charge < -0.3 is 15.6 Å². The second-order valence-electron chi connectivity index (χ2n) is 5.29. The summed E-state index contributed by atoms with van der Waals surface area (Å²) >= 11 is 0. The number of para-hydroxylation sites is 1. The molecule has 0 aliphatic heterocycles. The summed E-state index contributed by atoms with van der Waals surface area (Å²) in [6, 6.07) is 16.1. The summed E-state index contributed by atoms with van der Waals surface area (Å²) in [7, 11) is 0. The van der Waals surface area contributed by atoms with Crippen molar-refractivity contribution in [3.8, 4) is 5.69 Å². The Hall–Kier alpha value is -3.08. The van der Waals surface area contributed by atoms with Crippen molar-refractivity contribution in [2.75, 3.05) is 5.32 Å². The van der Waals surface area contributed by atoms with Crippen molar-refractivity contribution in [1.29, 1.82) is 0 Å². The van der Waals surface area contributed by atoms with E-state index in [9.17, 15) is 0 Å². The highest BCUT2D eigenvalue weighted by atomic mass is 15.1. The van der Waals surface area contributed by atoms with Crippen LogP contribution in [0.1, 0.15) is 11.1 Å². The second kappa shape index (κ2) is 6.79. The van der Waals surface area contributed by atoms with Gasteiger partial charge in [0.25, 0.3) is 0 Å². The molecule has 0 bridgehead atoms. The summed E-state index contributed by atoms with van der Waals surface area (Å²) in [5.41, 5.74) is 10.3. The zero-order valence-electron chi connectivity index (χ0n) is 13.0. The number of benzene rings is 2. The summed E-state index contributed by atoms with van der Waals surface area (Å²) in [6.45, 7) is 2.55. The van der Waals surface area contributed by atoms with E-state index < -0.39 is 0 Å². The number of hydrogen-bond donors (Lipinski definition) is 2. The van der Waals surface area contributed by atoms with E-state index in [0.717, 1.165) is 16.9 Å². The Bertz CT molecular complexity index is 789. The summed E-state index contributed by atoms with van der Waals surface area (Å²) in [6.07, 6.45) is 5.44. The van der Waals surface area contributed by atoms with Gasteiger partial charge in [-0.15, -0.1) is 0 Å². The fraction of sp³-hybridized carbons (Fsp3) is 0.111. The lowest BCUT2D eigenvalue weighted by molar-refractivity contribution is 0.980. The minimum atomic E-state index is 0.397. The number of rotatable bonds is 4. The summed E-state index contributed by atoms with van der Waals surface area (Å²) in [5.74, 6) is 0.397. The summed E-state index contributed by atoms with van der Waals surface area (Å²) < 4.78 is 1.97. The molecule has 0 aliphatic rings. The molecule has 0 fully saturated rings. The molecule has 3 aromatic rings. The largest absolute Gasteiger partial charge is 0.370 e. The molecule has 0 spiro atoms. The Morgan fingerprint density at radius 2 is 1.96 bits per heavy atom. The zero-order chi connectivity index (χ0) is 16.1. The van der Waals surface area contributed by atoms with Gasteiger partial charge in [-0.1, -0.05) is 35.9 Å². The quantitative estimate of drug-likeness (QED) is 0.575. The number of imidazole rings is 1. The van der Waals surface area contributed by atoms with E-state index in [0.29, 0.717) is 12.5 Å². The fourth-order valence-corrected chi connectivity index (χ4v) is 2.29. The molecule has 116 valence electrons. The molecule has 23 heavy (non-hydrogen) atoms. The number of nitrogens with one attached hydrogen (secondary N) is 1. The van der Waals surface area contributed by atoms with Crippen LogP contribution in [-0.2, 0) is 6.54 Å². The molecule has 3 rings (SSSR count). The molecule has 0 saturated heterocycles. The number of aryl methyl sites for hydroxylation is 1. The van der Waals surface area contributed by atoms with Crippen LogP contribution >= 0.6 is 0 Å². The molecule has 0 amide bonds. The highest BCUT2D eigenvalue weighted by Gasteiger charge is 2.03. The maximum Gasteiger partial charge on any atom is 0.193 e. The predicted molar refractivity (Wildman–Crippen MR) is 93.7 cm³/mol. The smallest absolute Gasteiger partial charge is 0.193 e. The second-order valence-corrected chi connectivity index (χ2v) is 5.29. The van der Waals surface area contributed by atoms with Gasteiger partial charge in [0.1, 0.15) is 0 Å². The number of aromatic nitrogens is 2. The number of hydrogen-bond acceptors (Lipinski definition) is 2. The van der Waals surface area contributed by atoms with Crippen molar-refractivity contribution in [2.45, 2.75) is 13.5 Å². The van der Waals surface area contributed by atoms with E-state index in [1.807, 2.05) is 66.2 Å². The molecule has 0 aliphatic carbocycles. The van der Waals surface area contributed by atoms with Gasteiger partial charge in [-0.25, -0.2) is 9.98 Å². The first-order chi connectivity index (χ1) is 11.2. The first-order valence-corrected chi connectivity index (χ1v) is 7.42. The van der Waals surface area contributed by atoms with E-state index in [1.54, 1.807) is 12.5 Å². The third-order valence-corrected chi connectivity index (χ3v) is 3.52.